The van der Waals surface area contributed by atoms with Gasteiger partial charge in [-0.1, -0.05) is 107 Å². The quantitative estimate of drug-likeness (QED) is 0.0318. The monoisotopic (exact) mass is 686 g/mol. The molecule has 0 heterocycles. The van der Waals surface area contributed by atoms with E-state index in [-0.39, 0.29) is 30.9 Å². The number of hydrogen-bond acceptors (Lipinski definition) is 6. The second kappa shape index (κ2) is 34.4. The summed E-state index contributed by atoms with van der Waals surface area (Å²) < 4.78 is 5.85. The second-order valence-corrected chi connectivity index (χ2v) is 12.3. The fourth-order valence-electron chi connectivity index (χ4n) is 4.85. The third-order valence-corrected chi connectivity index (χ3v) is 7.73. The Balaban J connectivity index is 4.46. The third kappa shape index (κ3) is 31.6. The van der Waals surface area contributed by atoms with Crippen molar-refractivity contribution in [2.45, 2.75) is 154 Å². The molecule has 2 unspecified atom stereocenters. The Bertz CT molecular complexity index is 1020. The number of aliphatic carboxylic acids is 1. The van der Waals surface area contributed by atoms with Crippen LogP contribution in [0.4, 0.5) is 0 Å². The molecular weight excluding hydrogens is 620 g/mol. The summed E-state index contributed by atoms with van der Waals surface area (Å²) in [4.78, 5) is 47.3. The molecular formula is C40H66N2O7. The predicted octanol–water partition coefficient (Wildman–Crippen LogP) is 8.20. The van der Waals surface area contributed by atoms with Gasteiger partial charge < -0.3 is 25.6 Å². The Labute approximate surface area is 296 Å². The highest BCUT2D eigenvalue weighted by Crippen LogP contribution is 2.14. The lowest BCUT2D eigenvalue weighted by Gasteiger charge is -2.15. The normalized spacial score (nSPS) is 13.2. The van der Waals surface area contributed by atoms with Crippen LogP contribution in [0, 0.1) is 0 Å². The summed E-state index contributed by atoms with van der Waals surface area (Å²) in [6.07, 6.45) is 39.8. The molecule has 9 heteroatoms. The van der Waals surface area contributed by atoms with Crippen molar-refractivity contribution in [3.63, 3.8) is 0 Å². The minimum absolute atomic E-state index is 0.159. The van der Waals surface area contributed by atoms with Gasteiger partial charge in [-0.25, -0.2) is 4.79 Å². The van der Waals surface area contributed by atoms with E-state index in [9.17, 15) is 19.2 Å². The smallest absolute Gasteiger partial charge is 0.328 e. The van der Waals surface area contributed by atoms with Crippen molar-refractivity contribution >= 4 is 23.8 Å². The molecule has 9 nitrogen and oxygen atoms in total. The van der Waals surface area contributed by atoms with Gasteiger partial charge in [0.2, 0.25) is 11.8 Å². The first-order valence-electron chi connectivity index (χ1n) is 18.7. The van der Waals surface area contributed by atoms with Crippen LogP contribution < -0.4 is 10.6 Å². The van der Waals surface area contributed by atoms with Crippen LogP contribution in [0.15, 0.2) is 60.8 Å². The van der Waals surface area contributed by atoms with Crippen LogP contribution in [0.3, 0.4) is 0 Å². The van der Waals surface area contributed by atoms with Gasteiger partial charge in [0, 0.05) is 12.8 Å². The molecule has 0 aliphatic heterocycles. The number of nitrogens with one attached hydrogen (secondary N) is 2. The Hall–Kier alpha value is -3.46. The number of aliphatic hydroxyl groups is 1. The van der Waals surface area contributed by atoms with Crippen molar-refractivity contribution in [1.82, 2.24) is 10.6 Å². The van der Waals surface area contributed by atoms with Crippen LogP contribution in [-0.2, 0) is 23.9 Å². The number of ether oxygens (including phenoxy) is 1. The van der Waals surface area contributed by atoms with E-state index in [1.54, 1.807) is 0 Å². The maximum atomic E-state index is 12.6. The van der Waals surface area contributed by atoms with E-state index in [0.29, 0.717) is 12.8 Å². The molecule has 0 aromatic heterocycles. The van der Waals surface area contributed by atoms with Gasteiger partial charge >= 0.3 is 11.9 Å². The lowest BCUT2D eigenvalue weighted by atomic mass is 10.1. The van der Waals surface area contributed by atoms with Gasteiger partial charge in [-0.15, -0.1) is 0 Å². The lowest BCUT2D eigenvalue weighted by molar-refractivity contribution is -0.147. The number of allylic oxidation sites excluding steroid dienone is 9. The maximum absolute atomic E-state index is 12.6. The van der Waals surface area contributed by atoms with E-state index in [1.165, 1.54) is 25.7 Å². The van der Waals surface area contributed by atoms with Gasteiger partial charge in [-0.3, -0.25) is 14.4 Å². The molecule has 0 aliphatic rings. The first-order valence-corrected chi connectivity index (χ1v) is 18.7. The number of unbranched alkanes of at least 4 members (excludes halogenated alkanes) is 10. The molecule has 2 amide bonds. The third-order valence-electron chi connectivity index (χ3n) is 7.73. The first kappa shape index (κ1) is 45.5. The largest absolute Gasteiger partial charge is 0.480 e. The number of rotatable bonds is 32. The molecule has 0 saturated heterocycles. The van der Waals surface area contributed by atoms with Gasteiger partial charge in [0.25, 0.3) is 0 Å². The molecule has 2 atom stereocenters. The van der Waals surface area contributed by atoms with Crippen LogP contribution >= 0.6 is 0 Å². The summed E-state index contributed by atoms with van der Waals surface area (Å²) in [5.74, 6) is -2.47. The van der Waals surface area contributed by atoms with E-state index >= 15 is 0 Å². The van der Waals surface area contributed by atoms with Crippen molar-refractivity contribution in [2.75, 3.05) is 13.2 Å². The molecule has 0 rings (SSSR count). The van der Waals surface area contributed by atoms with Crippen LogP contribution in [-0.4, -0.2) is 59.3 Å². The van der Waals surface area contributed by atoms with Crippen LogP contribution in [0.1, 0.15) is 142 Å². The molecule has 0 aliphatic carbocycles. The molecule has 278 valence electrons. The summed E-state index contributed by atoms with van der Waals surface area (Å²) in [6, 6.07) is -1.40. The predicted molar refractivity (Wildman–Crippen MR) is 199 cm³/mol. The summed E-state index contributed by atoms with van der Waals surface area (Å²) in [5, 5.41) is 22.5. The fraction of sp³-hybridized carbons (Fsp3) is 0.650. The van der Waals surface area contributed by atoms with Crippen molar-refractivity contribution in [3.05, 3.63) is 60.8 Å². The van der Waals surface area contributed by atoms with Gasteiger partial charge in [-0.05, 0) is 83.1 Å². The number of esters is 1. The number of carbonyl (C=O) groups excluding carboxylic acids is 3. The zero-order valence-electron chi connectivity index (χ0n) is 30.4. The number of carboxylic acid groups (broad SMARTS) is 1. The summed E-state index contributed by atoms with van der Waals surface area (Å²) in [6.45, 7) is 3.28. The summed E-state index contributed by atoms with van der Waals surface area (Å²) in [7, 11) is 0. The average Bonchev–Trinajstić information content (AvgIpc) is 3.08. The number of carbonyl (C=O) groups is 4. The molecule has 0 aromatic rings. The van der Waals surface area contributed by atoms with Crippen LogP contribution in [0.5, 0.6) is 0 Å². The SMILES string of the molecule is CC/C=C\C/C=C\C/C=C\CCCCCC(=O)OC(/C=C\C/C=C\CCCCCC)CCCCCCC(=O)NCC(=O)NC(CO)C(=O)O. The van der Waals surface area contributed by atoms with Gasteiger partial charge in [0.05, 0.1) is 13.2 Å². The van der Waals surface area contributed by atoms with Crippen molar-refractivity contribution in [1.29, 1.82) is 0 Å². The Morgan fingerprint density at radius 2 is 1.22 bits per heavy atom. The molecule has 49 heavy (non-hydrogen) atoms. The molecule has 0 fully saturated rings. The number of hydrogen-bond donors (Lipinski definition) is 4. The maximum Gasteiger partial charge on any atom is 0.328 e. The van der Waals surface area contributed by atoms with E-state index in [2.05, 4.69) is 79.2 Å². The van der Waals surface area contributed by atoms with Crippen LogP contribution in [0.25, 0.3) is 0 Å². The summed E-state index contributed by atoms with van der Waals surface area (Å²) in [5.41, 5.74) is 0. The number of carboxylic acids is 1. The Kier molecular flexibility index (Phi) is 32.0. The standard InChI is InChI=1S/C40H66N2O7/c1-3-5-7-9-11-13-14-15-16-18-20-22-28-32-39(46)49-35(29-25-21-19-17-12-10-8-6-4-2)30-26-23-24-27-31-37(44)41-33-38(45)42-36(34-43)40(47)48/h5,7,11,13,15-17,19,25,29,35-36,43H,3-4,6,8-10,12,14,18,20-24,26-28,30-34H2,1-2H3,(H,41,44)(H,42,45)(H,47,48)/b7-5-,13-11-,16-15-,19-17-,29-25-. The topological polar surface area (TPSA) is 142 Å². The van der Waals surface area contributed by atoms with Gasteiger partial charge in [-0.2, -0.15) is 0 Å². The Morgan fingerprint density at radius 1 is 0.653 bits per heavy atom. The molecule has 4 N–H and O–H groups in total. The highest BCUT2D eigenvalue weighted by molar-refractivity contribution is 5.87. The fourth-order valence-corrected chi connectivity index (χ4v) is 4.85. The van der Waals surface area contributed by atoms with E-state index in [1.807, 2.05) is 6.08 Å². The molecule has 0 radical (unpaired) electrons. The van der Waals surface area contributed by atoms with Crippen LogP contribution in [0.2, 0.25) is 0 Å². The molecule has 0 aromatic carbocycles. The number of aliphatic hydroxyl groups excluding tert-OH is 1. The summed E-state index contributed by atoms with van der Waals surface area (Å²) >= 11 is 0. The Morgan fingerprint density at radius 3 is 1.86 bits per heavy atom. The molecule has 0 saturated carbocycles. The second-order valence-electron chi connectivity index (χ2n) is 12.3. The lowest BCUT2D eigenvalue weighted by Crippen LogP contribution is -2.47. The highest BCUT2D eigenvalue weighted by Gasteiger charge is 2.18. The molecule has 0 bridgehead atoms. The van der Waals surface area contributed by atoms with E-state index in [4.69, 9.17) is 14.9 Å². The van der Waals surface area contributed by atoms with Crippen molar-refractivity contribution in [2.24, 2.45) is 0 Å². The minimum Gasteiger partial charge on any atom is -0.480 e. The highest BCUT2D eigenvalue weighted by atomic mass is 16.5. The van der Waals surface area contributed by atoms with Gasteiger partial charge in [0.1, 0.15) is 12.1 Å². The van der Waals surface area contributed by atoms with E-state index < -0.39 is 24.5 Å². The zero-order chi connectivity index (χ0) is 36.2. The van der Waals surface area contributed by atoms with Crippen molar-refractivity contribution < 1.29 is 34.1 Å². The average molecular weight is 687 g/mol. The van der Waals surface area contributed by atoms with Crippen molar-refractivity contribution in [3.8, 4) is 0 Å². The zero-order valence-corrected chi connectivity index (χ0v) is 30.4. The van der Waals surface area contributed by atoms with E-state index in [0.717, 1.165) is 83.5 Å². The minimum atomic E-state index is -1.40. The van der Waals surface area contributed by atoms with Gasteiger partial charge in [0.15, 0.2) is 0 Å². The number of amides is 2. The first-order chi connectivity index (χ1) is 23.8. The molecule has 0 spiro atoms.